The lowest BCUT2D eigenvalue weighted by Gasteiger charge is -2.11. The zero-order valence-corrected chi connectivity index (χ0v) is 13.7. The van der Waals surface area contributed by atoms with Crippen LogP contribution in [-0.2, 0) is 4.79 Å². The van der Waals surface area contributed by atoms with Gasteiger partial charge in [0, 0.05) is 12.7 Å². The third-order valence-corrected chi connectivity index (χ3v) is 3.65. The Kier molecular flexibility index (Phi) is 5.95. The molecule has 2 rings (SSSR count). The van der Waals surface area contributed by atoms with Crippen molar-refractivity contribution in [2.75, 3.05) is 13.7 Å². The van der Waals surface area contributed by atoms with Gasteiger partial charge in [0.25, 0.3) is 5.91 Å². The number of amides is 1. The summed E-state index contributed by atoms with van der Waals surface area (Å²) >= 11 is 0. The highest BCUT2D eigenvalue weighted by Crippen LogP contribution is 2.14. The van der Waals surface area contributed by atoms with Crippen LogP contribution >= 0.6 is 0 Å². The second kappa shape index (κ2) is 8.14. The van der Waals surface area contributed by atoms with E-state index < -0.39 is 11.9 Å². The number of benzene rings is 1. The first-order valence-electron chi connectivity index (χ1n) is 7.76. The van der Waals surface area contributed by atoms with Gasteiger partial charge in [0.2, 0.25) is 0 Å². The highest BCUT2D eigenvalue weighted by Gasteiger charge is 2.18. The average molecular weight is 331 g/mol. The van der Waals surface area contributed by atoms with Crippen LogP contribution in [0.4, 0.5) is 0 Å². The molecule has 0 aliphatic carbocycles. The predicted octanol–water partition coefficient (Wildman–Crippen LogP) is 2.11. The van der Waals surface area contributed by atoms with E-state index >= 15 is 0 Å². The number of aromatic nitrogens is 2. The van der Waals surface area contributed by atoms with Gasteiger partial charge in [0.1, 0.15) is 5.75 Å². The molecule has 128 valence electrons. The van der Waals surface area contributed by atoms with E-state index in [1.165, 1.54) is 0 Å². The van der Waals surface area contributed by atoms with E-state index in [1.54, 1.807) is 36.2 Å². The first kappa shape index (κ1) is 17.5. The zero-order chi connectivity index (χ0) is 17.5. The molecule has 0 fully saturated rings. The number of hydrogen-bond donors (Lipinski definition) is 2. The maximum atomic E-state index is 12.1. The molecular weight excluding hydrogens is 310 g/mol. The van der Waals surface area contributed by atoms with Gasteiger partial charge >= 0.3 is 5.97 Å². The van der Waals surface area contributed by atoms with Gasteiger partial charge in [0.05, 0.1) is 18.7 Å². The molecule has 2 N–H and O–H groups in total. The number of nitrogens with zero attached hydrogens (tertiary/aromatic N) is 2. The number of hydrogen-bond acceptors (Lipinski definition) is 4. The maximum absolute atomic E-state index is 12.1. The number of carboxylic acids is 1. The molecule has 0 saturated heterocycles. The minimum Gasteiger partial charge on any atom is -0.497 e. The summed E-state index contributed by atoms with van der Waals surface area (Å²) in [6.07, 6.45) is 2.95. The Morgan fingerprint density at radius 3 is 2.58 bits per heavy atom. The summed E-state index contributed by atoms with van der Waals surface area (Å²) in [6, 6.07) is 8.86. The third kappa shape index (κ3) is 4.34. The van der Waals surface area contributed by atoms with Crippen molar-refractivity contribution in [3.05, 3.63) is 42.2 Å². The SMILES string of the molecule is CCCC(CNC(=O)c1ccn(-c2ccc(OC)cc2)n1)C(=O)O. The Hall–Kier alpha value is -2.83. The summed E-state index contributed by atoms with van der Waals surface area (Å²) in [5.41, 5.74) is 1.04. The molecule has 2 aromatic rings. The summed E-state index contributed by atoms with van der Waals surface area (Å²) < 4.78 is 6.68. The third-order valence-electron chi connectivity index (χ3n) is 3.65. The van der Waals surface area contributed by atoms with Crippen molar-refractivity contribution >= 4 is 11.9 Å². The predicted molar refractivity (Wildman–Crippen MR) is 88.5 cm³/mol. The number of methoxy groups -OCH3 is 1. The maximum Gasteiger partial charge on any atom is 0.308 e. The van der Waals surface area contributed by atoms with E-state index in [4.69, 9.17) is 9.84 Å². The van der Waals surface area contributed by atoms with Crippen LogP contribution in [-0.4, -0.2) is 40.4 Å². The van der Waals surface area contributed by atoms with E-state index in [0.717, 1.165) is 17.9 Å². The highest BCUT2D eigenvalue weighted by molar-refractivity contribution is 5.92. The second-order valence-corrected chi connectivity index (χ2v) is 5.38. The molecule has 0 bridgehead atoms. The van der Waals surface area contributed by atoms with Gasteiger partial charge < -0.3 is 15.2 Å². The zero-order valence-electron chi connectivity index (χ0n) is 13.7. The smallest absolute Gasteiger partial charge is 0.308 e. The minimum absolute atomic E-state index is 0.0946. The van der Waals surface area contributed by atoms with Crippen molar-refractivity contribution in [3.8, 4) is 11.4 Å². The Bertz CT molecular complexity index is 694. The van der Waals surface area contributed by atoms with Crippen LogP contribution in [0.3, 0.4) is 0 Å². The van der Waals surface area contributed by atoms with E-state index in [1.807, 2.05) is 19.1 Å². The first-order valence-corrected chi connectivity index (χ1v) is 7.76. The number of ether oxygens (including phenoxy) is 1. The van der Waals surface area contributed by atoms with Gasteiger partial charge in [-0.05, 0) is 36.8 Å². The van der Waals surface area contributed by atoms with Gasteiger partial charge in [-0.15, -0.1) is 0 Å². The molecule has 1 atom stereocenters. The molecule has 0 saturated carbocycles. The van der Waals surface area contributed by atoms with Crippen molar-refractivity contribution in [3.63, 3.8) is 0 Å². The normalized spacial score (nSPS) is 11.8. The summed E-state index contributed by atoms with van der Waals surface area (Å²) in [7, 11) is 1.59. The Labute approximate surface area is 140 Å². The van der Waals surface area contributed by atoms with E-state index in [-0.39, 0.29) is 18.1 Å². The molecule has 0 aliphatic rings. The molecule has 1 aromatic heterocycles. The molecular formula is C17H21N3O4. The minimum atomic E-state index is -0.902. The lowest BCUT2D eigenvalue weighted by molar-refractivity contribution is -0.141. The average Bonchev–Trinajstić information content (AvgIpc) is 3.08. The standard InChI is InChI=1S/C17H21N3O4/c1-3-4-12(17(22)23)11-18-16(21)15-9-10-20(19-15)13-5-7-14(24-2)8-6-13/h5-10,12H,3-4,11H2,1-2H3,(H,18,21)(H,22,23). The molecule has 0 spiro atoms. The van der Waals surface area contributed by atoms with Crippen LogP contribution < -0.4 is 10.1 Å². The second-order valence-electron chi connectivity index (χ2n) is 5.38. The molecule has 1 aromatic carbocycles. The topological polar surface area (TPSA) is 93.5 Å². The molecule has 1 heterocycles. The Morgan fingerprint density at radius 1 is 1.29 bits per heavy atom. The number of carbonyl (C=O) groups is 2. The summed E-state index contributed by atoms with van der Waals surface area (Å²) in [6.45, 7) is 2.01. The molecule has 7 heteroatoms. The van der Waals surface area contributed by atoms with E-state index in [0.29, 0.717) is 6.42 Å². The van der Waals surface area contributed by atoms with E-state index in [2.05, 4.69) is 10.4 Å². The van der Waals surface area contributed by atoms with Crippen LogP contribution in [0.1, 0.15) is 30.3 Å². The Morgan fingerprint density at radius 2 is 2.00 bits per heavy atom. The van der Waals surface area contributed by atoms with Crippen LogP contribution in [0.25, 0.3) is 5.69 Å². The lowest BCUT2D eigenvalue weighted by atomic mass is 10.0. The lowest BCUT2D eigenvalue weighted by Crippen LogP contribution is -2.33. The molecule has 0 aliphatic heterocycles. The number of carboxylic acid groups (broad SMARTS) is 1. The molecule has 1 amide bonds. The van der Waals surface area contributed by atoms with E-state index in [9.17, 15) is 9.59 Å². The number of carbonyl (C=O) groups excluding carboxylic acids is 1. The van der Waals surface area contributed by atoms with Gasteiger partial charge in [-0.2, -0.15) is 5.10 Å². The van der Waals surface area contributed by atoms with Gasteiger partial charge in [-0.1, -0.05) is 13.3 Å². The number of nitrogens with one attached hydrogen (secondary N) is 1. The first-order chi connectivity index (χ1) is 11.5. The molecule has 7 nitrogen and oxygen atoms in total. The fourth-order valence-corrected chi connectivity index (χ4v) is 2.29. The van der Waals surface area contributed by atoms with Crippen molar-refractivity contribution in [2.45, 2.75) is 19.8 Å². The number of rotatable bonds is 8. The largest absolute Gasteiger partial charge is 0.497 e. The summed E-state index contributed by atoms with van der Waals surface area (Å²) in [5.74, 6) is -1.13. The van der Waals surface area contributed by atoms with Crippen LogP contribution in [0.15, 0.2) is 36.5 Å². The van der Waals surface area contributed by atoms with Crippen molar-refractivity contribution in [2.24, 2.45) is 5.92 Å². The van der Waals surface area contributed by atoms with Crippen molar-refractivity contribution in [1.29, 1.82) is 0 Å². The fourth-order valence-electron chi connectivity index (χ4n) is 2.29. The van der Waals surface area contributed by atoms with Crippen LogP contribution in [0, 0.1) is 5.92 Å². The van der Waals surface area contributed by atoms with Gasteiger partial charge in [0.15, 0.2) is 5.69 Å². The molecule has 0 radical (unpaired) electrons. The van der Waals surface area contributed by atoms with Crippen LogP contribution in [0.2, 0.25) is 0 Å². The van der Waals surface area contributed by atoms with Crippen molar-refractivity contribution in [1.82, 2.24) is 15.1 Å². The fraction of sp³-hybridized carbons (Fsp3) is 0.353. The highest BCUT2D eigenvalue weighted by atomic mass is 16.5. The number of aliphatic carboxylic acids is 1. The van der Waals surface area contributed by atoms with Gasteiger partial charge in [-0.3, -0.25) is 9.59 Å². The van der Waals surface area contributed by atoms with Crippen LogP contribution in [0.5, 0.6) is 5.75 Å². The summed E-state index contributed by atoms with van der Waals surface area (Å²) in [4.78, 5) is 23.2. The monoisotopic (exact) mass is 331 g/mol. The molecule has 24 heavy (non-hydrogen) atoms. The van der Waals surface area contributed by atoms with Gasteiger partial charge in [-0.25, -0.2) is 4.68 Å². The Balaban J connectivity index is 2.01. The quantitative estimate of drug-likeness (QED) is 0.773. The van der Waals surface area contributed by atoms with Crippen molar-refractivity contribution < 1.29 is 19.4 Å². The molecule has 1 unspecified atom stereocenters. The summed E-state index contributed by atoms with van der Waals surface area (Å²) in [5, 5.41) is 16.0.